The zero-order valence-corrected chi connectivity index (χ0v) is 12.6. The molecule has 0 aliphatic carbocycles. The van der Waals surface area contributed by atoms with Gasteiger partial charge in [0.05, 0.1) is 19.6 Å². The number of carbonyl (C=O) groups excluding carboxylic acids is 1. The molecule has 8 heteroatoms. The standard InChI is InChI=1S/C14H20N4O4/c1-20-4-5-22-14-16-12(15)10-6-11(19)18(13(10)17-14)7-9-2-3-21-8-9/h9H,2-8H2,1H3,(H2,15,16,17). The number of ether oxygens (including phenoxy) is 3. The molecule has 0 bridgehead atoms. The third kappa shape index (κ3) is 2.97. The van der Waals surface area contributed by atoms with Crippen LogP contribution in [0.5, 0.6) is 6.01 Å². The lowest BCUT2D eigenvalue weighted by Gasteiger charge is -2.20. The molecule has 1 aromatic heterocycles. The van der Waals surface area contributed by atoms with E-state index in [1.165, 1.54) is 0 Å². The minimum absolute atomic E-state index is 0.00283. The Kier molecular flexibility index (Phi) is 4.39. The van der Waals surface area contributed by atoms with E-state index in [1.807, 2.05) is 0 Å². The highest BCUT2D eigenvalue weighted by Crippen LogP contribution is 2.33. The van der Waals surface area contributed by atoms with Crippen molar-refractivity contribution >= 4 is 17.5 Å². The largest absolute Gasteiger partial charge is 0.461 e. The Morgan fingerprint density at radius 1 is 1.41 bits per heavy atom. The highest BCUT2D eigenvalue weighted by atomic mass is 16.5. The molecule has 1 atom stereocenters. The van der Waals surface area contributed by atoms with Crippen LogP contribution in [0.4, 0.5) is 11.6 Å². The summed E-state index contributed by atoms with van der Waals surface area (Å²) >= 11 is 0. The molecule has 1 saturated heterocycles. The molecular weight excluding hydrogens is 288 g/mol. The maximum atomic E-state index is 12.2. The number of fused-ring (bicyclic) bond motifs is 1. The second-order valence-corrected chi connectivity index (χ2v) is 5.45. The van der Waals surface area contributed by atoms with E-state index in [-0.39, 0.29) is 18.3 Å². The molecule has 1 fully saturated rings. The minimum atomic E-state index is -0.00283. The molecule has 0 aromatic carbocycles. The number of amides is 1. The number of rotatable bonds is 6. The molecule has 2 N–H and O–H groups in total. The summed E-state index contributed by atoms with van der Waals surface area (Å²) in [5, 5.41) is 0. The molecule has 8 nitrogen and oxygen atoms in total. The fraction of sp³-hybridized carbons (Fsp3) is 0.643. The first kappa shape index (κ1) is 15.0. The Bertz CT molecular complexity index is 560. The molecule has 3 rings (SSSR count). The summed E-state index contributed by atoms with van der Waals surface area (Å²) in [6.07, 6.45) is 1.20. The zero-order chi connectivity index (χ0) is 15.5. The number of aromatic nitrogens is 2. The van der Waals surface area contributed by atoms with Gasteiger partial charge in [-0.3, -0.25) is 9.69 Å². The van der Waals surface area contributed by atoms with E-state index in [0.29, 0.717) is 49.5 Å². The molecule has 0 saturated carbocycles. The van der Waals surface area contributed by atoms with Crippen LogP contribution in [0.3, 0.4) is 0 Å². The molecule has 120 valence electrons. The van der Waals surface area contributed by atoms with Crippen LogP contribution < -0.4 is 15.4 Å². The van der Waals surface area contributed by atoms with Crippen molar-refractivity contribution in [3.8, 4) is 6.01 Å². The number of hydrogen-bond acceptors (Lipinski definition) is 7. The second kappa shape index (κ2) is 6.45. The van der Waals surface area contributed by atoms with Gasteiger partial charge >= 0.3 is 6.01 Å². The molecule has 1 amide bonds. The maximum Gasteiger partial charge on any atom is 0.320 e. The summed E-state index contributed by atoms with van der Waals surface area (Å²) in [6, 6.07) is 0.177. The van der Waals surface area contributed by atoms with E-state index in [4.69, 9.17) is 19.9 Å². The number of methoxy groups -OCH3 is 1. The molecule has 3 heterocycles. The molecule has 0 spiro atoms. The van der Waals surface area contributed by atoms with Crippen LogP contribution in [-0.2, 0) is 20.7 Å². The molecule has 1 unspecified atom stereocenters. The first-order valence-corrected chi connectivity index (χ1v) is 7.35. The number of carbonyl (C=O) groups is 1. The highest BCUT2D eigenvalue weighted by Gasteiger charge is 2.34. The Labute approximate surface area is 128 Å². The summed E-state index contributed by atoms with van der Waals surface area (Å²) in [5.41, 5.74) is 6.63. The number of nitrogens with two attached hydrogens (primary N) is 1. The van der Waals surface area contributed by atoms with Gasteiger partial charge in [-0.05, 0) is 6.42 Å². The van der Waals surface area contributed by atoms with E-state index >= 15 is 0 Å². The van der Waals surface area contributed by atoms with Gasteiger partial charge in [-0.25, -0.2) is 0 Å². The maximum absolute atomic E-state index is 12.2. The summed E-state index contributed by atoms with van der Waals surface area (Å²) < 4.78 is 15.7. The smallest absolute Gasteiger partial charge is 0.320 e. The Balaban J connectivity index is 1.79. The topological polar surface area (TPSA) is 99.8 Å². The molecule has 0 radical (unpaired) electrons. The van der Waals surface area contributed by atoms with E-state index in [9.17, 15) is 4.79 Å². The van der Waals surface area contributed by atoms with E-state index in [1.54, 1.807) is 12.0 Å². The number of anilines is 2. The monoisotopic (exact) mass is 308 g/mol. The molecule has 22 heavy (non-hydrogen) atoms. The lowest BCUT2D eigenvalue weighted by molar-refractivity contribution is -0.117. The lowest BCUT2D eigenvalue weighted by atomic mass is 10.1. The van der Waals surface area contributed by atoms with Gasteiger partial charge in [0.1, 0.15) is 18.2 Å². The van der Waals surface area contributed by atoms with Gasteiger partial charge in [0.15, 0.2) is 0 Å². The molecule has 2 aliphatic heterocycles. The van der Waals surface area contributed by atoms with Crippen molar-refractivity contribution in [2.24, 2.45) is 5.92 Å². The zero-order valence-electron chi connectivity index (χ0n) is 12.6. The van der Waals surface area contributed by atoms with Crippen LogP contribution >= 0.6 is 0 Å². The van der Waals surface area contributed by atoms with Gasteiger partial charge in [0, 0.05) is 31.7 Å². The van der Waals surface area contributed by atoms with Crippen molar-refractivity contribution in [1.82, 2.24) is 9.97 Å². The van der Waals surface area contributed by atoms with Crippen molar-refractivity contribution in [2.45, 2.75) is 12.8 Å². The van der Waals surface area contributed by atoms with Crippen LogP contribution in [0.25, 0.3) is 0 Å². The van der Waals surface area contributed by atoms with Crippen molar-refractivity contribution in [1.29, 1.82) is 0 Å². The molecular formula is C14H20N4O4. The van der Waals surface area contributed by atoms with Gasteiger partial charge in [-0.2, -0.15) is 9.97 Å². The molecule has 2 aliphatic rings. The number of nitrogens with zero attached hydrogens (tertiary/aromatic N) is 3. The van der Waals surface area contributed by atoms with Gasteiger partial charge in [-0.1, -0.05) is 0 Å². The van der Waals surface area contributed by atoms with Crippen LogP contribution in [0.2, 0.25) is 0 Å². The van der Waals surface area contributed by atoms with Crippen LogP contribution in [0, 0.1) is 5.92 Å². The van der Waals surface area contributed by atoms with Gasteiger partial charge in [0.25, 0.3) is 0 Å². The SMILES string of the molecule is COCCOc1nc(N)c2c(n1)N(CC1CCOC1)C(=O)C2. The van der Waals surface area contributed by atoms with Crippen molar-refractivity contribution in [3.05, 3.63) is 5.56 Å². The average molecular weight is 308 g/mol. The fourth-order valence-electron chi connectivity index (χ4n) is 2.68. The summed E-state index contributed by atoms with van der Waals surface area (Å²) in [7, 11) is 1.59. The van der Waals surface area contributed by atoms with E-state index in [2.05, 4.69) is 9.97 Å². The minimum Gasteiger partial charge on any atom is -0.461 e. The Morgan fingerprint density at radius 3 is 3.00 bits per heavy atom. The van der Waals surface area contributed by atoms with Crippen LogP contribution in [-0.4, -0.2) is 56.0 Å². The van der Waals surface area contributed by atoms with Gasteiger partial charge < -0.3 is 19.9 Å². The average Bonchev–Trinajstić information content (AvgIpc) is 3.10. The predicted molar refractivity (Wildman–Crippen MR) is 78.8 cm³/mol. The highest BCUT2D eigenvalue weighted by molar-refractivity contribution is 6.01. The first-order valence-electron chi connectivity index (χ1n) is 7.35. The third-order valence-electron chi connectivity index (χ3n) is 3.86. The Morgan fingerprint density at radius 2 is 2.27 bits per heavy atom. The quantitative estimate of drug-likeness (QED) is 0.739. The Hall–Kier alpha value is -1.93. The van der Waals surface area contributed by atoms with Crippen molar-refractivity contribution in [3.63, 3.8) is 0 Å². The van der Waals surface area contributed by atoms with Crippen molar-refractivity contribution < 1.29 is 19.0 Å². The number of hydrogen-bond donors (Lipinski definition) is 1. The first-order chi connectivity index (χ1) is 10.7. The van der Waals surface area contributed by atoms with Crippen LogP contribution in [0.15, 0.2) is 0 Å². The predicted octanol–water partition coefficient (Wildman–Crippen LogP) is 0.00960. The summed E-state index contributed by atoms with van der Waals surface area (Å²) in [4.78, 5) is 22.4. The number of nitrogen functional groups attached to an aromatic ring is 1. The van der Waals surface area contributed by atoms with Gasteiger partial charge in [-0.15, -0.1) is 0 Å². The fourth-order valence-corrected chi connectivity index (χ4v) is 2.68. The second-order valence-electron chi connectivity index (χ2n) is 5.45. The van der Waals surface area contributed by atoms with Crippen LogP contribution in [0.1, 0.15) is 12.0 Å². The lowest BCUT2D eigenvalue weighted by Crippen LogP contribution is -2.33. The summed E-state index contributed by atoms with van der Waals surface area (Å²) in [6.45, 7) is 2.79. The van der Waals surface area contributed by atoms with Crippen molar-refractivity contribution in [2.75, 3.05) is 50.7 Å². The molecule has 1 aromatic rings. The third-order valence-corrected chi connectivity index (χ3v) is 3.86. The van der Waals surface area contributed by atoms with E-state index in [0.717, 1.165) is 13.0 Å². The van der Waals surface area contributed by atoms with Gasteiger partial charge in [0.2, 0.25) is 5.91 Å². The summed E-state index contributed by atoms with van der Waals surface area (Å²) in [5.74, 6) is 1.20. The normalized spacial score (nSPS) is 20.5. The van der Waals surface area contributed by atoms with E-state index < -0.39 is 0 Å².